The molecule has 0 spiro atoms. The molecule has 22 heavy (non-hydrogen) atoms. The van der Waals surface area contributed by atoms with E-state index in [0.29, 0.717) is 12.1 Å². The first-order valence-electron chi connectivity index (χ1n) is 6.93. The number of carbonyl (C=O) groups excluding carboxylic acids is 1. The van der Waals surface area contributed by atoms with Crippen LogP contribution in [0.15, 0.2) is 53.0 Å². The molecule has 0 radical (unpaired) electrons. The molecule has 3 nitrogen and oxygen atoms in total. The molecular formula is C17H18BrIN2O. The quantitative estimate of drug-likeness (QED) is 0.665. The van der Waals surface area contributed by atoms with Gasteiger partial charge in [-0.1, -0.05) is 46.3 Å². The van der Waals surface area contributed by atoms with Crippen molar-refractivity contribution in [3.8, 4) is 0 Å². The maximum atomic E-state index is 12.4. The number of hydrogen-bond donors (Lipinski definition) is 1. The van der Waals surface area contributed by atoms with Crippen LogP contribution in [0.1, 0.15) is 22.0 Å². The van der Waals surface area contributed by atoms with Crippen LogP contribution in [0.3, 0.4) is 0 Å². The minimum atomic E-state index is -0.0477. The average molecular weight is 473 g/mol. The van der Waals surface area contributed by atoms with Gasteiger partial charge in [0.2, 0.25) is 0 Å². The fourth-order valence-corrected chi connectivity index (χ4v) is 3.17. The third-order valence-electron chi connectivity index (χ3n) is 3.44. The SMILES string of the molecule is CN(C)C(CNC(=O)c1cc(Br)ccc1I)c1ccccc1. The Morgan fingerprint density at radius 1 is 1.23 bits per heavy atom. The van der Waals surface area contributed by atoms with Crippen molar-refractivity contribution in [3.63, 3.8) is 0 Å². The second kappa shape index (κ2) is 8.08. The van der Waals surface area contributed by atoms with E-state index in [1.165, 1.54) is 5.56 Å². The number of hydrogen-bond acceptors (Lipinski definition) is 2. The summed E-state index contributed by atoms with van der Waals surface area (Å²) in [6.07, 6.45) is 0. The fourth-order valence-electron chi connectivity index (χ4n) is 2.23. The van der Waals surface area contributed by atoms with Crippen LogP contribution in [0.4, 0.5) is 0 Å². The molecule has 1 amide bonds. The van der Waals surface area contributed by atoms with Crippen LogP contribution >= 0.6 is 38.5 Å². The zero-order valence-corrected chi connectivity index (χ0v) is 16.3. The van der Waals surface area contributed by atoms with Gasteiger partial charge in [-0.15, -0.1) is 0 Å². The van der Waals surface area contributed by atoms with Crippen LogP contribution in [0.25, 0.3) is 0 Å². The van der Waals surface area contributed by atoms with Crippen molar-refractivity contribution in [2.75, 3.05) is 20.6 Å². The van der Waals surface area contributed by atoms with Gasteiger partial charge in [0.05, 0.1) is 11.6 Å². The summed E-state index contributed by atoms with van der Waals surface area (Å²) in [5.41, 5.74) is 1.89. The Balaban J connectivity index is 2.10. The number of halogens is 2. The molecule has 0 saturated carbocycles. The summed E-state index contributed by atoms with van der Waals surface area (Å²) in [6, 6.07) is 16.1. The Kier molecular flexibility index (Phi) is 6.40. The number of carbonyl (C=O) groups is 1. The summed E-state index contributed by atoms with van der Waals surface area (Å²) < 4.78 is 1.85. The highest BCUT2D eigenvalue weighted by molar-refractivity contribution is 14.1. The maximum absolute atomic E-state index is 12.4. The lowest BCUT2D eigenvalue weighted by Crippen LogP contribution is -2.34. The van der Waals surface area contributed by atoms with Gasteiger partial charge in [0, 0.05) is 14.6 Å². The molecule has 2 aromatic rings. The van der Waals surface area contributed by atoms with Gasteiger partial charge < -0.3 is 10.2 Å². The number of amides is 1. The molecule has 0 aliphatic heterocycles. The Hall–Kier alpha value is -0.920. The van der Waals surface area contributed by atoms with Crippen molar-refractivity contribution >= 4 is 44.4 Å². The van der Waals surface area contributed by atoms with Crippen LogP contribution in [-0.2, 0) is 0 Å². The third-order valence-corrected chi connectivity index (χ3v) is 4.87. The molecule has 1 N–H and O–H groups in total. The molecule has 116 valence electrons. The van der Waals surface area contributed by atoms with E-state index in [-0.39, 0.29) is 11.9 Å². The Morgan fingerprint density at radius 3 is 2.55 bits per heavy atom. The molecular weight excluding hydrogens is 455 g/mol. The summed E-state index contributed by atoms with van der Waals surface area (Å²) in [6.45, 7) is 0.568. The van der Waals surface area contributed by atoms with E-state index in [2.05, 4.69) is 60.9 Å². The lowest BCUT2D eigenvalue weighted by molar-refractivity contribution is 0.0941. The summed E-state index contributed by atoms with van der Waals surface area (Å²) in [5, 5.41) is 3.04. The number of rotatable bonds is 5. The Bertz CT molecular complexity index is 646. The summed E-state index contributed by atoms with van der Waals surface area (Å²) >= 11 is 5.60. The maximum Gasteiger partial charge on any atom is 0.252 e. The van der Waals surface area contributed by atoms with E-state index in [1.807, 2.05) is 50.5 Å². The molecule has 0 bridgehead atoms. The molecule has 1 unspecified atom stereocenters. The van der Waals surface area contributed by atoms with E-state index in [4.69, 9.17) is 0 Å². The molecule has 0 aliphatic rings. The number of likely N-dealkylation sites (N-methyl/N-ethyl adjacent to an activating group) is 1. The van der Waals surface area contributed by atoms with Gasteiger partial charge in [0.25, 0.3) is 5.91 Å². The summed E-state index contributed by atoms with van der Waals surface area (Å²) in [7, 11) is 4.04. The molecule has 0 aliphatic carbocycles. The van der Waals surface area contributed by atoms with E-state index in [1.54, 1.807) is 0 Å². The van der Waals surface area contributed by atoms with Gasteiger partial charge >= 0.3 is 0 Å². The largest absolute Gasteiger partial charge is 0.350 e. The van der Waals surface area contributed by atoms with Crippen LogP contribution in [0.5, 0.6) is 0 Å². The highest BCUT2D eigenvalue weighted by Crippen LogP contribution is 2.20. The van der Waals surface area contributed by atoms with Gasteiger partial charge in [-0.3, -0.25) is 4.79 Å². The average Bonchev–Trinajstić information content (AvgIpc) is 2.50. The molecule has 0 fully saturated rings. The molecule has 5 heteroatoms. The molecule has 2 aromatic carbocycles. The minimum Gasteiger partial charge on any atom is -0.350 e. The lowest BCUT2D eigenvalue weighted by atomic mass is 10.1. The highest BCUT2D eigenvalue weighted by atomic mass is 127. The van der Waals surface area contributed by atoms with Gasteiger partial charge in [-0.2, -0.15) is 0 Å². The van der Waals surface area contributed by atoms with Crippen molar-refractivity contribution in [2.45, 2.75) is 6.04 Å². The third kappa shape index (κ3) is 4.54. The molecule has 2 rings (SSSR count). The lowest BCUT2D eigenvalue weighted by Gasteiger charge is -2.25. The first-order chi connectivity index (χ1) is 10.5. The van der Waals surface area contributed by atoms with Crippen LogP contribution < -0.4 is 5.32 Å². The molecule has 0 heterocycles. The minimum absolute atomic E-state index is 0.0477. The molecule has 0 aromatic heterocycles. The second-order valence-corrected chi connectivity index (χ2v) is 7.30. The van der Waals surface area contributed by atoms with Crippen LogP contribution in [-0.4, -0.2) is 31.4 Å². The summed E-state index contributed by atoms with van der Waals surface area (Å²) in [5.74, 6) is -0.0477. The predicted octanol–water partition coefficient (Wildman–Crippen LogP) is 4.09. The van der Waals surface area contributed by atoms with Crippen molar-refractivity contribution in [2.24, 2.45) is 0 Å². The van der Waals surface area contributed by atoms with E-state index < -0.39 is 0 Å². The van der Waals surface area contributed by atoms with E-state index in [0.717, 1.165) is 8.04 Å². The van der Waals surface area contributed by atoms with Crippen LogP contribution in [0, 0.1) is 3.57 Å². The van der Waals surface area contributed by atoms with Gasteiger partial charge in [0.15, 0.2) is 0 Å². The second-order valence-electron chi connectivity index (χ2n) is 5.22. The Morgan fingerprint density at radius 2 is 1.91 bits per heavy atom. The fraction of sp³-hybridized carbons (Fsp3) is 0.235. The van der Waals surface area contributed by atoms with E-state index >= 15 is 0 Å². The standard InChI is InChI=1S/C17H18BrIN2O/c1-21(2)16(12-6-4-3-5-7-12)11-20-17(22)14-10-13(18)8-9-15(14)19/h3-10,16H,11H2,1-2H3,(H,20,22). The summed E-state index contributed by atoms with van der Waals surface area (Å²) in [4.78, 5) is 14.5. The zero-order chi connectivity index (χ0) is 16.1. The van der Waals surface area contributed by atoms with Crippen molar-refractivity contribution in [3.05, 3.63) is 67.7 Å². The zero-order valence-electron chi connectivity index (χ0n) is 12.5. The normalized spacial score (nSPS) is 12.2. The van der Waals surface area contributed by atoms with Gasteiger partial charge in [0.1, 0.15) is 0 Å². The topological polar surface area (TPSA) is 32.3 Å². The van der Waals surface area contributed by atoms with Crippen LogP contribution in [0.2, 0.25) is 0 Å². The van der Waals surface area contributed by atoms with Crippen molar-refractivity contribution < 1.29 is 4.79 Å². The Labute approximate surface area is 153 Å². The number of nitrogens with zero attached hydrogens (tertiary/aromatic N) is 1. The first kappa shape index (κ1) is 17.4. The monoisotopic (exact) mass is 472 g/mol. The molecule has 0 saturated heterocycles. The first-order valence-corrected chi connectivity index (χ1v) is 8.81. The van der Waals surface area contributed by atoms with Gasteiger partial charge in [-0.05, 0) is 60.4 Å². The highest BCUT2D eigenvalue weighted by Gasteiger charge is 2.16. The van der Waals surface area contributed by atoms with Crippen molar-refractivity contribution in [1.82, 2.24) is 10.2 Å². The van der Waals surface area contributed by atoms with E-state index in [9.17, 15) is 4.79 Å². The molecule has 1 atom stereocenters. The smallest absolute Gasteiger partial charge is 0.252 e. The number of nitrogens with one attached hydrogen (secondary N) is 1. The van der Waals surface area contributed by atoms with Crippen molar-refractivity contribution in [1.29, 1.82) is 0 Å². The predicted molar refractivity (Wildman–Crippen MR) is 102 cm³/mol. The van der Waals surface area contributed by atoms with Gasteiger partial charge in [-0.25, -0.2) is 0 Å². The number of benzene rings is 2.